The van der Waals surface area contributed by atoms with Crippen molar-refractivity contribution in [2.75, 3.05) is 13.2 Å². The Labute approximate surface area is 185 Å². The molecule has 11 heteroatoms. The lowest BCUT2D eigenvalue weighted by molar-refractivity contribution is -0.137. The Bertz CT molecular complexity index is 1130. The minimum Gasteiger partial charge on any atom is -0.484 e. The molecule has 170 valence electrons. The van der Waals surface area contributed by atoms with Crippen LogP contribution in [0.3, 0.4) is 0 Å². The number of hydrogen-bond acceptors (Lipinski definition) is 4. The Hall–Kier alpha value is -2.85. The first-order valence-corrected chi connectivity index (χ1v) is 10.2. The third-order valence-corrected chi connectivity index (χ3v) is 5.50. The highest BCUT2D eigenvalue weighted by Crippen LogP contribution is 2.30. The van der Waals surface area contributed by atoms with Crippen LogP contribution < -0.4 is 15.4 Å². The van der Waals surface area contributed by atoms with E-state index >= 15 is 0 Å². The predicted octanol–water partition coefficient (Wildman–Crippen LogP) is 4.13. The van der Waals surface area contributed by atoms with E-state index in [1.165, 1.54) is 22.6 Å². The van der Waals surface area contributed by atoms with Crippen LogP contribution in [0.25, 0.3) is 5.65 Å². The van der Waals surface area contributed by atoms with Gasteiger partial charge in [-0.15, -0.1) is 0 Å². The van der Waals surface area contributed by atoms with Crippen molar-refractivity contribution >= 4 is 23.2 Å². The third kappa shape index (κ3) is 5.13. The lowest BCUT2D eigenvalue weighted by atomic mass is 9.99. The zero-order valence-corrected chi connectivity index (χ0v) is 17.4. The van der Waals surface area contributed by atoms with E-state index < -0.39 is 17.6 Å². The number of halogens is 5. The Morgan fingerprint density at radius 1 is 1.25 bits per heavy atom. The van der Waals surface area contributed by atoms with E-state index in [0.717, 1.165) is 18.3 Å². The second-order valence-electron chi connectivity index (χ2n) is 7.51. The summed E-state index contributed by atoms with van der Waals surface area (Å²) < 4.78 is 58.8. The quantitative estimate of drug-likeness (QED) is 0.550. The van der Waals surface area contributed by atoms with Crippen molar-refractivity contribution in [2.45, 2.75) is 31.1 Å². The number of rotatable bonds is 5. The van der Waals surface area contributed by atoms with Crippen molar-refractivity contribution in [3.8, 4) is 5.75 Å². The van der Waals surface area contributed by atoms with Gasteiger partial charge in [0.2, 0.25) is 0 Å². The number of ether oxygens (including phenoxy) is 1. The van der Waals surface area contributed by atoms with Crippen molar-refractivity contribution in [3.05, 3.63) is 64.8 Å². The molecule has 0 radical (unpaired) electrons. The van der Waals surface area contributed by atoms with E-state index in [1.54, 1.807) is 6.20 Å². The molecule has 3 heterocycles. The van der Waals surface area contributed by atoms with Crippen molar-refractivity contribution in [3.63, 3.8) is 0 Å². The van der Waals surface area contributed by atoms with Crippen LogP contribution in [-0.2, 0) is 11.0 Å². The molecule has 1 amide bonds. The number of nitrogens with zero attached hydrogens (tertiary/aromatic N) is 2. The zero-order valence-electron chi connectivity index (χ0n) is 16.6. The molecule has 4 rings (SSSR count). The van der Waals surface area contributed by atoms with Crippen LogP contribution in [0.5, 0.6) is 5.75 Å². The molecule has 2 aromatic heterocycles. The highest BCUT2D eigenvalue weighted by Gasteiger charge is 2.31. The van der Waals surface area contributed by atoms with Gasteiger partial charge in [-0.3, -0.25) is 4.79 Å². The minimum atomic E-state index is -4.42. The van der Waals surface area contributed by atoms with Gasteiger partial charge in [0.15, 0.2) is 6.61 Å². The summed E-state index contributed by atoms with van der Waals surface area (Å²) in [7, 11) is 0. The first kappa shape index (κ1) is 22.3. The van der Waals surface area contributed by atoms with Gasteiger partial charge in [-0.2, -0.15) is 13.2 Å². The molecular formula is C21H19ClF4N4O2. The van der Waals surface area contributed by atoms with Crippen molar-refractivity contribution < 1.29 is 27.1 Å². The monoisotopic (exact) mass is 470 g/mol. The Morgan fingerprint density at radius 3 is 2.75 bits per heavy atom. The van der Waals surface area contributed by atoms with Crippen LogP contribution in [-0.4, -0.2) is 34.5 Å². The first-order valence-electron chi connectivity index (χ1n) is 9.85. The van der Waals surface area contributed by atoms with Gasteiger partial charge >= 0.3 is 6.18 Å². The van der Waals surface area contributed by atoms with E-state index in [2.05, 4.69) is 15.6 Å². The maximum Gasteiger partial charge on any atom is 0.417 e. The SMILES string of the molecule is O=C(COc1ccc(Cl)c(F)c1)N[C@H]1CC[C@H](c2cn3cc(C(F)(F)F)ccc3n2)NC1. The summed E-state index contributed by atoms with van der Waals surface area (Å²) in [5, 5.41) is 6.08. The van der Waals surface area contributed by atoms with E-state index in [0.29, 0.717) is 30.7 Å². The van der Waals surface area contributed by atoms with Gasteiger partial charge in [-0.25, -0.2) is 9.37 Å². The molecule has 3 aromatic rings. The van der Waals surface area contributed by atoms with Crippen molar-refractivity contribution in [1.82, 2.24) is 20.0 Å². The van der Waals surface area contributed by atoms with Crippen molar-refractivity contribution in [2.24, 2.45) is 0 Å². The maximum atomic E-state index is 13.4. The number of carbonyl (C=O) groups is 1. The number of piperidine rings is 1. The molecule has 1 aliphatic rings. The van der Waals surface area contributed by atoms with Crippen LogP contribution in [0.15, 0.2) is 42.7 Å². The molecule has 1 aliphatic heterocycles. The first-order chi connectivity index (χ1) is 15.2. The molecule has 0 aliphatic carbocycles. The maximum absolute atomic E-state index is 13.4. The molecule has 2 N–H and O–H groups in total. The fourth-order valence-corrected chi connectivity index (χ4v) is 3.68. The van der Waals surface area contributed by atoms with Gasteiger partial charge in [0.25, 0.3) is 5.91 Å². The van der Waals surface area contributed by atoms with Crippen LogP contribution in [0, 0.1) is 5.82 Å². The largest absolute Gasteiger partial charge is 0.484 e. The number of hydrogen-bond donors (Lipinski definition) is 2. The summed E-state index contributed by atoms with van der Waals surface area (Å²) in [6.07, 6.45) is -0.520. The summed E-state index contributed by atoms with van der Waals surface area (Å²) in [5.74, 6) is -0.781. The number of benzene rings is 1. The highest BCUT2D eigenvalue weighted by molar-refractivity contribution is 6.30. The van der Waals surface area contributed by atoms with Crippen LogP contribution in [0.1, 0.15) is 30.1 Å². The van der Waals surface area contributed by atoms with E-state index in [-0.39, 0.29) is 35.4 Å². The van der Waals surface area contributed by atoms with Gasteiger partial charge in [0, 0.05) is 31.0 Å². The van der Waals surface area contributed by atoms with Gasteiger partial charge in [-0.05, 0) is 37.1 Å². The number of amides is 1. The minimum absolute atomic E-state index is 0.0314. The van der Waals surface area contributed by atoms with E-state index in [4.69, 9.17) is 16.3 Å². The number of alkyl halides is 3. The second-order valence-corrected chi connectivity index (χ2v) is 7.92. The molecule has 0 spiro atoms. The molecule has 32 heavy (non-hydrogen) atoms. The normalized spacial score (nSPS) is 19.2. The average molecular weight is 471 g/mol. The average Bonchev–Trinajstić information content (AvgIpc) is 3.18. The number of carbonyl (C=O) groups excluding carboxylic acids is 1. The van der Waals surface area contributed by atoms with E-state index in [9.17, 15) is 22.4 Å². The lowest BCUT2D eigenvalue weighted by Gasteiger charge is -2.29. The summed E-state index contributed by atoms with van der Waals surface area (Å²) in [5.41, 5.74) is 0.333. The van der Waals surface area contributed by atoms with Gasteiger partial charge < -0.3 is 19.8 Å². The Kier molecular flexibility index (Phi) is 6.25. The second kappa shape index (κ2) is 8.95. The standard InChI is InChI=1S/C21H19ClF4N4O2/c22-15-4-3-14(7-16(15)23)32-11-20(31)28-13-2-5-17(27-8-13)18-10-30-9-12(21(24,25)26)1-6-19(30)29-18/h1,3-4,6-7,9-10,13,17,27H,2,5,8,11H2,(H,28,31)/t13-,17+/m0/s1. The van der Waals surface area contributed by atoms with Gasteiger partial charge in [0.05, 0.1) is 22.3 Å². The molecule has 1 saturated heterocycles. The Morgan fingerprint density at radius 2 is 2.06 bits per heavy atom. The molecule has 0 bridgehead atoms. The fourth-order valence-electron chi connectivity index (χ4n) is 3.56. The highest BCUT2D eigenvalue weighted by atomic mass is 35.5. The number of nitrogens with one attached hydrogen (secondary N) is 2. The summed E-state index contributed by atoms with van der Waals surface area (Å²) in [6.45, 7) is 0.197. The molecule has 0 unspecified atom stereocenters. The van der Waals surface area contributed by atoms with Gasteiger partial charge in [0.1, 0.15) is 17.2 Å². The number of fused-ring (bicyclic) bond motifs is 1. The lowest BCUT2D eigenvalue weighted by Crippen LogP contribution is -2.48. The van der Waals surface area contributed by atoms with E-state index in [1.807, 2.05) is 0 Å². The predicted molar refractivity (Wildman–Crippen MR) is 109 cm³/mol. The number of imidazole rings is 1. The molecular weight excluding hydrogens is 452 g/mol. The van der Waals surface area contributed by atoms with Crippen molar-refractivity contribution in [1.29, 1.82) is 0 Å². The summed E-state index contributed by atoms with van der Waals surface area (Å²) in [6, 6.07) is 5.99. The summed E-state index contributed by atoms with van der Waals surface area (Å²) >= 11 is 5.61. The van der Waals surface area contributed by atoms with Crippen LogP contribution in [0.4, 0.5) is 17.6 Å². The number of aromatic nitrogens is 2. The number of pyridine rings is 1. The van der Waals surface area contributed by atoms with Gasteiger partial charge in [-0.1, -0.05) is 11.6 Å². The molecule has 6 nitrogen and oxygen atoms in total. The zero-order chi connectivity index (χ0) is 22.9. The van der Waals surface area contributed by atoms with Crippen LogP contribution >= 0.6 is 11.6 Å². The van der Waals surface area contributed by atoms with Crippen LogP contribution in [0.2, 0.25) is 5.02 Å². The Balaban J connectivity index is 1.29. The smallest absolute Gasteiger partial charge is 0.417 e. The third-order valence-electron chi connectivity index (χ3n) is 5.19. The topological polar surface area (TPSA) is 67.7 Å². The molecule has 1 fully saturated rings. The fraction of sp³-hybridized carbons (Fsp3) is 0.333. The summed E-state index contributed by atoms with van der Waals surface area (Å²) in [4.78, 5) is 16.5. The molecule has 2 atom stereocenters. The molecule has 1 aromatic carbocycles. The molecule has 0 saturated carbocycles.